The van der Waals surface area contributed by atoms with Gasteiger partial charge in [-0.15, -0.1) is 0 Å². The predicted octanol–water partition coefficient (Wildman–Crippen LogP) is 3.53. The van der Waals surface area contributed by atoms with Crippen LogP contribution in [0.4, 0.5) is 11.8 Å². The fraction of sp³-hybridized carbons (Fsp3) is 0.312. The Kier molecular flexibility index (Phi) is 7.62. The van der Waals surface area contributed by atoms with E-state index in [4.69, 9.17) is 15.2 Å². The summed E-state index contributed by atoms with van der Waals surface area (Å²) in [5.74, 6) is 1.39. The van der Waals surface area contributed by atoms with E-state index in [1.54, 1.807) is 12.1 Å². The quantitative estimate of drug-likeness (QED) is 0.350. The van der Waals surface area contributed by atoms with Gasteiger partial charge in [-0.25, -0.2) is 9.78 Å². The Balaban J connectivity index is 1.17. The van der Waals surface area contributed by atoms with Gasteiger partial charge in [-0.1, -0.05) is 24.3 Å². The number of likely N-dealkylation sites (N-methyl/N-ethyl adjacent to an activating group) is 1. The molecule has 0 aliphatic carbocycles. The highest BCUT2D eigenvalue weighted by Gasteiger charge is 2.25. The van der Waals surface area contributed by atoms with Gasteiger partial charge in [0.2, 0.25) is 5.95 Å². The summed E-state index contributed by atoms with van der Waals surface area (Å²) in [6.07, 6.45) is 0.676. The molecule has 0 saturated carbocycles. The molecule has 42 heavy (non-hydrogen) atoms. The maximum atomic E-state index is 13.6. The van der Waals surface area contributed by atoms with Crippen LogP contribution in [0.3, 0.4) is 0 Å². The van der Waals surface area contributed by atoms with Gasteiger partial charge in [0.25, 0.3) is 5.91 Å². The highest BCUT2D eigenvalue weighted by molar-refractivity contribution is 6.00. The molecule has 1 fully saturated rings. The minimum atomic E-state index is -0.378. The number of nitrogens with zero attached hydrogens (tertiary/aromatic N) is 5. The summed E-state index contributed by atoms with van der Waals surface area (Å²) in [6, 6.07) is 18.8. The van der Waals surface area contributed by atoms with Crippen LogP contribution in [0.1, 0.15) is 37.4 Å². The van der Waals surface area contributed by atoms with Gasteiger partial charge in [0.1, 0.15) is 18.2 Å². The van der Waals surface area contributed by atoms with Crippen molar-refractivity contribution < 1.29 is 19.1 Å². The average molecular weight is 567 g/mol. The number of hydrogen-bond acceptors (Lipinski definition) is 9. The monoisotopic (exact) mass is 566 g/mol. The molecule has 2 aliphatic rings. The molecule has 1 saturated heterocycles. The average Bonchev–Trinajstić information content (AvgIpc) is 3.02. The lowest BCUT2D eigenvalue weighted by molar-refractivity contribution is 0.0600. The number of aromatic nitrogens is 2. The van der Waals surface area contributed by atoms with Crippen LogP contribution in [0.5, 0.6) is 5.75 Å². The Bertz CT molecular complexity index is 1650. The van der Waals surface area contributed by atoms with Crippen LogP contribution in [0.2, 0.25) is 0 Å². The molecule has 0 atom stereocenters. The van der Waals surface area contributed by atoms with E-state index in [9.17, 15) is 9.59 Å². The molecule has 216 valence electrons. The number of nitrogen functional groups attached to an aromatic ring is 1. The van der Waals surface area contributed by atoms with Crippen LogP contribution in [-0.4, -0.2) is 78.5 Å². The van der Waals surface area contributed by atoms with Crippen molar-refractivity contribution in [2.45, 2.75) is 19.6 Å². The minimum absolute atomic E-state index is 0.0492. The Morgan fingerprint density at radius 3 is 2.55 bits per heavy atom. The van der Waals surface area contributed by atoms with Crippen LogP contribution in [0.25, 0.3) is 10.9 Å². The first-order valence-electron chi connectivity index (χ1n) is 14.1. The van der Waals surface area contributed by atoms with Gasteiger partial charge in [-0.2, -0.15) is 4.98 Å². The van der Waals surface area contributed by atoms with E-state index in [2.05, 4.69) is 26.8 Å². The second-order valence-corrected chi connectivity index (χ2v) is 10.8. The third-order valence-corrected chi connectivity index (χ3v) is 8.00. The zero-order valence-electron chi connectivity index (χ0n) is 23.9. The highest BCUT2D eigenvalue weighted by Crippen LogP contribution is 2.31. The lowest BCUT2D eigenvalue weighted by Gasteiger charge is -2.33. The second-order valence-electron chi connectivity index (χ2n) is 10.8. The number of fused-ring (bicyclic) bond motifs is 2. The number of hydrogen-bond donors (Lipinski definition) is 1. The maximum Gasteiger partial charge on any atom is 0.337 e. The van der Waals surface area contributed by atoms with Crippen LogP contribution in [-0.2, 0) is 24.3 Å². The van der Waals surface area contributed by atoms with Crippen molar-refractivity contribution in [1.82, 2.24) is 19.8 Å². The van der Waals surface area contributed by atoms with Gasteiger partial charge in [0, 0.05) is 55.8 Å². The third kappa shape index (κ3) is 5.58. The normalized spacial score (nSPS) is 15.4. The van der Waals surface area contributed by atoms with Gasteiger partial charge in [0.05, 0.1) is 18.2 Å². The molecule has 2 aliphatic heterocycles. The number of benzene rings is 3. The fourth-order valence-electron chi connectivity index (χ4n) is 5.66. The molecule has 1 aromatic heterocycles. The summed E-state index contributed by atoms with van der Waals surface area (Å²) >= 11 is 0. The Labute approximate surface area is 244 Å². The molecule has 10 nitrogen and oxygen atoms in total. The Morgan fingerprint density at radius 2 is 1.74 bits per heavy atom. The standard InChI is InChI=1S/C32H34N6O4/c1-36-13-15-37(16-14-36)29-26-10-9-22(18-27(26)34-32(33)35-29)30(39)38-12-11-25-24(19-38)7-4-8-28(25)42-20-21-5-3-6-23(17-21)31(40)41-2/h3-10,17-18H,11-16,19-20H2,1-2H3,(H2,33,34,35). The van der Waals surface area contributed by atoms with E-state index < -0.39 is 0 Å². The molecule has 0 unspecified atom stereocenters. The number of rotatable bonds is 6. The van der Waals surface area contributed by atoms with Crippen molar-refractivity contribution >= 4 is 34.5 Å². The van der Waals surface area contributed by atoms with Crippen LogP contribution in [0.15, 0.2) is 60.7 Å². The number of carbonyl (C=O) groups excluding carboxylic acids is 2. The molecule has 1 amide bonds. The SMILES string of the molecule is COC(=O)c1cccc(COc2cccc3c2CCN(C(=O)c2ccc4c(N5CCN(C)CC5)nc(N)nc4c2)C3)c1. The predicted molar refractivity (Wildman–Crippen MR) is 161 cm³/mol. The van der Waals surface area contributed by atoms with Crippen molar-refractivity contribution in [3.05, 3.63) is 88.5 Å². The second kappa shape index (κ2) is 11.7. The van der Waals surface area contributed by atoms with E-state index in [-0.39, 0.29) is 17.8 Å². The molecule has 0 radical (unpaired) electrons. The molecule has 0 bridgehead atoms. The maximum absolute atomic E-state index is 13.6. The number of ether oxygens (including phenoxy) is 2. The first kappa shape index (κ1) is 27.5. The van der Waals surface area contributed by atoms with Gasteiger partial charge >= 0.3 is 5.97 Å². The van der Waals surface area contributed by atoms with Crippen molar-refractivity contribution in [2.75, 3.05) is 57.5 Å². The van der Waals surface area contributed by atoms with E-state index in [0.717, 1.165) is 59.8 Å². The summed E-state index contributed by atoms with van der Waals surface area (Å²) in [7, 11) is 3.48. The van der Waals surface area contributed by atoms with E-state index in [1.807, 2.05) is 53.4 Å². The van der Waals surface area contributed by atoms with Gasteiger partial charge in [0.15, 0.2) is 0 Å². The number of esters is 1. The molecule has 6 rings (SSSR count). The number of anilines is 2. The summed E-state index contributed by atoms with van der Waals surface area (Å²) in [5.41, 5.74) is 10.9. The smallest absolute Gasteiger partial charge is 0.337 e. The number of methoxy groups -OCH3 is 1. The number of nitrogens with two attached hydrogens (primary N) is 1. The first-order valence-corrected chi connectivity index (χ1v) is 14.1. The lowest BCUT2D eigenvalue weighted by Crippen LogP contribution is -2.45. The van der Waals surface area contributed by atoms with Gasteiger partial charge in [-0.3, -0.25) is 4.79 Å². The Morgan fingerprint density at radius 1 is 0.929 bits per heavy atom. The van der Waals surface area contributed by atoms with Crippen molar-refractivity contribution in [3.63, 3.8) is 0 Å². The van der Waals surface area contributed by atoms with Crippen LogP contribution in [0, 0.1) is 0 Å². The molecule has 2 N–H and O–H groups in total. The Hall–Kier alpha value is -4.70. The highest BCUT2D eigenvalue weighted by atomic mass is 16.5. The molecular weight excluding hydrogens is 532 g/mol. The van der Waals surface area contributed by atoms with E-state index in [0.29, 0.717) is 42.8 Å². The summed E-state index contributed by atoms with van der Waals surface area (Å²) in [4.78, 5) is 40.9. The first-order chi connectivity index (χ1) is 20.4. The van der Waals surface area contributed by atoms with Crippen molar-refractivity contribution in [1.29, 1.82) is 0 Å². The molecule has 10 heteroatoms. The number of carbonyl (C=O) groups is 2. The molecule has 4 aromatic rings. The zero-order valence-corrected chi connectivity index (χ0v) is 23.9. The van der Waals surface area contributed by atoms with Gasteiger partial charge in [-0.05, 0) is 61.0 Å². The molecular formula is C32H34N6O4. The van der Waals surface area contributed by atoms with Crippen molar-refractivity contribution in [2.24, 2.45) is 0 Å². The lowest BCUT2D eigenvalue weighted by atomic mass is 9.98. The topological polar surface area (TPSA) is 114 Å². The fourth-order valence-corrected chi connectivity index (χ4v) is 5.66. The van der Waals surface area contributed by atoms with Gasteiger partial charge < -0.3 is 29.9 Å². The zero-order chi connectivity index (χ0) is 29.2. The number of amides is 1. The van der Waals surface area contributed by atoms with E-state index in [1.165, 1.54) is 7.11 Å². The van der Waals surface area contributed by atoms with E-state index >= 15 is 0 Å². The minimum Gasteiger partial charge on any atom is -0.489 e. The summed E-state index contributed by atoms with van der Waals surface area (Å²) < 4.78 is 11.0. The van der Waals surface area contributed by atoms with Crippen LogP contribution >= 0.6 is 0 Å². The van der Waals surface area contributed by atoms with Crippen LogP contribution < -0.4 is 15.4 Å². The third-order valence-electron chi connectivity index (χ3n) is 8.00. The van der Waals surface area contributed by atoms with Crippen molar-refractivity contribution in [3.8, 4) is 5.75 Å². The largest absolute Gasteiger partial charge is 0.489 e. The molecule has 3 heterocycles. The summed E-state index contributed by atoms with van der Waals surface area (Å²) in [5, 5.41) is 0.896. The molecule has 0 spiro atoms. The summed E-state index contributed by atoms with van der Waals surface area (Å²) in [6.45, 7) is 5.01. The molecule has 3 aromatic carbocycles. The number of piperazine rings is 1.